The van der Waals surface area contributed by atoms with Gasteiger partial charge in [0.15, 0.2) is 0 Å². The Balaban J connectivity index is 2.13. The number of sulfonamides is 1. The minimum Gasteiger partial charge on any atom is -0.274 e. The molecule has 1 heterocycles. The summed E-state index contributed by atoms with van der Waals surface area (Å²) < 4.78 is 26.7. The zero-order chi connectivity index (χ0) is 16.0. The molecule has 1 aliphatic heterocycles. The van der Waals surface area contributed by atoms with E-state index in [0.717, 1.165) is 25.7 Å². The highest BCUT2D eigenvalue weighted by atomic mass is 32.2. The van der Waals surface area contributed by atoms with Gasteiger partial charge in [0.2, 0.25) is 10.0 Å². The van der Waals surface area contributed by atoms with Gasteiger partial charge in [-0.2, -0.15) is 4.31 Å². The van der Waals surface area contributed by atoms with Crippen LogP contribution in [0, 0.1) is 0 Å². The molecular formula is C15H22N2O4S. The Morgan fingerprint density at radius 3 is 2.27 bits per heavy atom. The van der Waals surface area contributed by atoms with Crippen LogP contribution in [0.3, 0.4) is 0 Å². The van der Waals surface area contributed by atoms with E-state index in [2.05, 4.69) is 5.48 Å². The van der Waals surface area contributed by atoms with Crippen LogP contribution in [0.4, 0.5) is 0 Å². The average molecular weight is 326 g/mol. The lowest BCUT2D eigenvalue weighted by Gasteiger charge is -2.20. The SMILES string of the molecule is CCONC(=O)c1ccc(S(=O)(=O)N2CCCCCC2)cc1. The molecule has 0 unspecified atom stereocenters. The number of rotatable bonds is 5. The second kappa shape index (κ2) is 7.71. The zero-order valence-corrected chi connectivity index (χ0v) is 13.6. The Bertz CT molecular complexity index is 590. The molecule has 0 atom stereocenters. The van der Waals surface area contributed by atoms with Crippen molar-refractivity contribution in [3.05, 3.63) is 29.8 Å². The van der Waals surface area contributed by atoms with Crippen molar-refractivity contribution in [2.24, 2.45) is 0 Å². The molecule has 1 fully saturated rings. The molecule has 1 amide bonds. The van der Waals surface area contributed by atoms with Crippen molar-refractivity contribution in [3.63, 3.8) is 0 Å². The molecule has 2 rings (SSSR count). The predicted octanol–water partition coefficient (Wildman–Crippen LogP) is 1.93. The lowest BCUT2D eigenvalue weighted by molar-refractivity contribution is 0.0364. The van der Waals surface area contributed by atoms with Gasteiger partial charge in [-0.15, -0.1) is 0 Å². The third kappa shape index (κ3) is 4.06. The standard InChI is InChI=1S/C15H22N2O4S/c1-2-21-16-15(18)13-7-9-14(10-8-13)22(19,20)17-11-5-3-4-6-12-17/h7-10H,2-6,11-12H2,1H3,(H,16,18). The van der Waals surface area contributed by atoms with Crippen molar-refractivity contribution in [1.82, 2.24) is 9.79 Å². The molecular weight excluding hydrogens is 304 g/mol. The van der Waals surface area contributed by atoms with E-state index in [1.54, 1.807) is 6.92 Å². The molecule has 0 spiro atoms. The summed E-state index contributed by atoms with van der Waals surface area (Å²) in [7, 11) is -3.47. The minimum absolute atomic E-state index is 0.224. The van der Waals surface area contributed by atoms with E-state index in [-0.39, 0.29) is 10.8 Å². The topological polar surface area (TPSA) is 75.7 Å². The fourth-order valence-electron chi connectivity index (χ4n) is 2.41. The smallest absolute Gasteiger partial charge is 0.274 e. The van der Waals surface area contributed by atoms with E-state index in [4.69, 9.17) is 4.84 Å². The maximum absolute atomic E-state index is 12.6. The second-order valence-corrected chi connectivity index (χ2v) is 7.14. The number of hydrogen-bond acceptors (Lipinski definition) is 4. The summed E-state index contributed by atoms with van der Waals surface area (Å²) in [6, 6.07) is 5.94. The van der Waals surface area contributed by atoms with E-state index >= 15 is 0 Å². The molecule has 0 aromatic heterocycles. The fraction of sp³-hybridized carbons (Fsp3) is 0.533. The molecule has 1 aliphatic rings. The Hall–Kier alpha value is -1.44. The van der Waals surface area contributed by atoms with Crippen molar-refractivity contribution in [1.29, 1.82) is 0 Å². The van der Waals surface area contributed by atoms with Crippen LogP contribution in [0.15, 0.2) is 29.2 Å². The van der Waals surface area contributed by atoms with Crippen LogP contribution in [-0.4, -0.2) is 38.3 Å². The normalized spacial score (nSPS) is 17.0. The van der Waals surface area contributed by atoms with Crippen LogP contribution >= 0.6 is 0 Å². The number of amides is 1. The van der Waals surface area contributed by atoms with Gasteiger partial charge in [0, 0.05) is 18.7 Å². The van der Waals surface area contributed by atoms with Crippen LogP contribution in [0.2, 0.25) is 0 Å². The van der Waals surface area contributed by atoms with Gasteiger partial charge >= 0.3 is 0 Å². The summed E-state index contributed by atoms with van der Waals surface area (Å²) in [4.78, 5) is 16.8. The summed E-state index contributed by atoms with van der Waals surface area (Å²) in [6.45, 7) is 3.26. The second-order valence-electron chi connectivity index (χ2n) is 5.21. The average Bonchev–Trinajstić information content (AvgIpc) is 2.82. The van der Waals surface area contributed by atoms with Gasteiger partial charge in [-0.25, -0.2) is 13.9 Å². The maximum atomic E-state index is 12.6. The van der Waals surface area contributed by atoms with E-state index in [9.17, 15) is 13.2 Å². The first-order chi connectivity index (χ1) is 10.6. The number of benzene rings is 1. The van der Waals surface area contributed by atoms with Gasteiger partial charge in [-0.05, 0) is 44.0 Å². The lowest BCUT2D eigenvalue weighted by Crippen LogP contribution is -2.32. The zero-order valence-electron chi connectivity index (χ0n) is 12.7. The highest BCUT2D eigenvalue weighted by Crippen LogP contribution is 2.20. The van der Waals surface area contributed by atoms with Crippen LogP contribution in [0.25, 0.3) is 0 Å². The molecule has 1 saturated heterocycles. The molecule has 0 aliphatic carbocycles. The minimum atomic E-state index is -3.47. The van der Waals surface area contributed by atoms with Gasteiger partial charge in [0.1, 0.15) is 0 Å². The summed E-state index contributed by atoms with van der Waals surface area (Å²) in [6.07, 6.45) is 3.94. The molecule has 22 heavy (non-hydrogen) atoms. The van der Waals surface area contributed by atoms with Crippen molar-refractivity contribution in [3.8, 4) is 0 Å². The first-order valence-electron chi connectivity index (χ1n) is 7.58. The van der Waals surface area contributed by atoms with E-state index in [1.165, 1.54) is 28.6 Å². The monoisotopic (exact) mass is 326 g/mol. The first-order valence-corrected chi connectivity index (χ1v) is 9.02. The molecule has 1 N–H and O–H groups in total. The van der Waals surface area contributed by atoms with Gasteiger partial charge in [-0.3, -0.25) is 9.63 Å². The number of nitrogens with one attached hydrogen (secondary N) is 1. The summed E-state index contributed by atoms with van der Waals surface area (Å²) in [5.74, 6) is -0.388. The van der Waals surface area contributed by atoms with Crippen LogP contribution in [0.5, 0.6) is 0 Å². The number of carbonyl (C=O) groups is 1. The van der Waals surface area contributed by atoms with Gasteiger partial charge < -0.3 is 0 Å². The molecule has 7 heteroatoms. The Morgan fingerprint density at radius 1 is 1.14 bits per heavy atom. The third-order valence-corrected chi connectivity index (χ3v) is 5.54. The van der Waals surface area contributed by atoms with Gasteiger partial charge in [0.05, 0.1) is 11.5 Å². The van der Waals surface area contributed by atoms with Gasteiger partial charge in [0.25, 0.3) is 5.91 Å². The number of hydroxylamine groups is 1. The van der Waals surface area contributed by atoms with Crippen molar-refractivity contribution < 1.29 is 18.0 Å². The molecule has 1 aromatic rings. The summed E-state index contributed by atoms with van der Waals surface area (Å²) in [5.41, 5.74) is 2.64. The Morgan fingerprint density at radius 2 is 1.73 bits per heavy atom. The van der Waals surface area contributed by atoms with E-state index in [1.807, 2.05) is 0 Å². The quantitative estimate of drug-likeness (QED) is 0.839. The van der Waals surface area contributed by atoms with Crippen molar-refractivity contribution in [2.45, 2.75) is 37.5 Å². The largest absolute Gasteiger partial charge is 0.274 e. The molecule has 1 aromatic carbocycles. The van der Waals surface area contributed by atoms with E-state index in [0.29, 0.717) is 25.3 Å². The fourth-order valence-corrected chi connectivity index (χ4v) is 3.92. The van der Waals surface area contributed by atoms with E-state index < -0.39 is 10.0 Å². The first kappa shape index (κ1) is 16.9. The lowest BCUT2D eigenvalue weighted by atomic mass is 10.2. The third-order valence-electron chi connectivity index (χ3n) is 3.63. The van der Waals surface area contributed by atoms with Crippen LogP contribution in [-0.2, 0) is 14.9 Å². The molecule has 0 saturated carbocycles. The summed E-state index contributed by atoms with van der Waals surface area (Å²) in [5, 5.41) is 0. The van der Waals surface area contributed by atoms with Crippen LogP contribution in [0.1, 0.15) is 43.0 Å². The molecule has 6 nitrogen and oxygen atoms in total. The molecule has 122 valence electrons. The number of nitrogens with zero attached hydrogens (tertiary/aromatic N) is 1. The number of hydrogen-bond donors (Lipinski definition) is 1. The van der Waals surface area contributed by atoms with Gasteiger partial charge in [-0.1, -0.05) is 12.8 Å². The molecule has 0 bridgehead atoms. The van der Waals surface area contributed by atoms with Crippen molar-refractivity contribution in [2.75, 3.05) is 19.7 Å². The van der Waals surface area contributed by atoms with Crippen LogP contribution < -0.4 is 5.48 Å². The highest BCUT2D eigenvalue weighted by molar-refractivity contribution is 7.89. The summed E-state index contributed by atoms with van der Waals surface area (Å²) >= 11 is 0. The Labute approximate surface area is 131 Å². The number of carbonyl (C=O) groups excluding carboxylic acids is 1. The molecule has 0 radical (unpaired) electrons. The maximum Gasteiger partial charge on any atom is 0.274 e. The Kier molecular flexibility index (Phi) is 5.93. The van der Waals surface area contributed by atoms with Crippen molar-refractivity contribution >= 4 is 15.9 Å². The predicted molar refractivity (Wildman–Crippen MR) is 82.8 cm³/mol. The highest BCUT2D eigenvalue weighted by Gasteiger charge is 2.25.